The lowest BCUT2D eigenvalue weighted by molar-refractivity contribution is -0.136. The van der Waals surface area contributed by atoms with E-state index < -0.39 is 17.1 Å². The van der Waals surface area contributed by atoms with Crippen molar-refractivity contribution in [2.24, 2.45) is 5.73 Å². The van der Waals surface area contributed by atoms with E-state index in [-0.39, 0.29) is 22.9 Å². The quantitative estimate of drug-likeness (QED) is 0.695. The van der Waals surface area contributed by atoms with Gasteiger partial charge in [0.15, 0.2) is 11.5 Å². The highest BCUT2D eigenvalue weighted by Gasteiger charge is 2.47. The minimum atomic E-state index is -0.881. The van der Waals surface area contributed by atoms with E-state index in [0.29, 0.717) is 27.8 Å². The number of nitrogens with zero attached hydrogens (tertiary/aromatic N) is 2. The Bertz CT molecular complexity index is 1000. The van der Waals surface area contributed by atoms with E-state index in [1.807, 2.05) is 0 Å². The second-order valence-electron chi connectivity index (χ2n) is 6.45. The summed E-state index contributed by atoms with van der Waals surface area (Å²) in [6.45, 7) is 1.71. The predicted octanol–water partition coefficient (Wildman–Crippen LogP) is 1.85. The predicted molar refractivity (Wildman–Crippen MR) is 109 cm³/mol. The van der Waals surface area contributed by atoms with Crippen molar-refractivity contribution in [1.29, 1.82) is 5.26 Å². The smallest absolute Gasteiger partial charge is 0.337 e. The number of fused-ring (bicyclic) bond motifs is 1. The van der Waals surface area contributed by atoms with Crippen molar-refractivity contribution in [3.63, 3.8) is 0 Å². The Balaban J connectivity index is 2.34. The number of allylic oxidation sites excluding steroid dienone is 1. The van der Waals surface area contributed by atoms with Gasteiger partial charge in [0.25, 0.3) is 0 Å². The number of thioether (sulfide) groups is 1. The normalized spacial score (nSPS) is 20.7. The standard InChI is InChI=1S/C20H21N3O6S/c1-9-18(24)23-17(22)11(8-21)14(15(19(23)30-9)20(25)29-5)10-6-12(26-2)16(28-4)13(7-10)27-3/h6-7,9,14H,22H2,1-5H3/t9-,14+/m0/s1. The molecule has 0 bridgehead atoms. The van der Waals surface area contributed by atoms with Gasteiger partial charge in [0, 0.05) is 0 Å². The van der Waals surface area contributed by atoms with Crippen molar-refractivity contribution >= 4 is 23.6 Å². The van der Waals surface area contributed by atoms with Gasteiger partial charge < -0.3 is 24.7 Å². The molecule has 1 fully saturated rings. The molecule has 1 saturated heterocycles. The first kappa shape index (κ1) is 21.4. The van der Waals surface area contributed by atoms with E-state index in [1.165, 1.54) is 45.1 Å². The fourth-order valence-corrected chi connectivity index (χ4v) is 4.70. The summed E-state index contributed by atoms with van der Waals surface area (Å²) in [6, 6.07) is 5.34. The van der Waals surface area contributed by atoms with Crippen molar-refractivity contribution in [2.75, 3.05) is 28.4 Å². The Morgan fingerprint density at radius 1 is 1.17 bits per heavy atom. The second-order valence-corrected chi connectivity index (χ2v) is 7.78. The molecule has 9 nitrogen and oxygen atoms in total. The highest BCUT2D eigenvalue weighted by atomic mass is 32.2. The van der Waals surface area contributed by atoms with Crippen LogP contribution in [0.1, 0.15) is 18.4 Å². The highest BCUT2D eigenvalue weighted by Crippen LogP contribution is 2.51. The summed E-state index contributed by atoms with van der Waals surface area (Å²) < 4.78 is 21.2. The van der Waals surface area contributed by atoms with Crippen LogP contribution >= 0.6 is 11.8 Å². The third kappa shape index (κ3) is 3.11. The van der Waals surface area contributed by atoms with Crippen LogP contribution in [-0.4, -0.2) is 50.5 Å². The zero-order valence-corrected chi connectivity index (χ0v) is 18.0. The van der Waals surface area contributed by atoms with Crippen LogP contribution in [0.3, 0.4) is 0 Å². The van der Waals surface area contributed by atoms with Gasteiger partial charge in [0.1, 0.15) is 5.82 Å². The van der Waals surface area contributed by atoms with Crippen LogP contribution in [0, 0.1) is 11.3 Å². The summed E-state index contributed by atoms with van der Waals surface area (Å²) in [5.41, 5.74) is 6.94. The fraction of sp³-hybridized carbons (Fsp3) is 0.350. The number of esters is 1. The first-order valence-electron chi connectivity index (χ1n) is 8.87. The van der Waals surface area contributed by atoms with Crippen molar-refractivity contribution in [2.45, 2.75) is 18.1 Å². The molecule has 1 amide bonds. The molecule has 158 valence electrons. The number of rotatable bonds is 5. The first-order chi connectivity index (χ1) is 14.3. The van der Waals surface area contributed by atoms with Crippen molar-refractivity contribution in [3.8, 4) is 23.3 Å². The Labute approximate surface area is 178 Å². The lowest BCUT2D eigenvalue weighted by atomic mass is 9.82. The maximum absolute atomic E-state index is 12.8. The lowest BCUT2D eigenvalue weighted by Crippen LogP contribution is -2.37. The molecule has 0 radical (unpaired) electrons. The van der Waals surface area contributed by atoms with Gasteiger partial charge in [-0.05, 0) is 24.6 Å². The maximum Gasteiger partial charge on any atom is 0.337 e. The Kier molecular flexibility index (Phi) is 5.85. The Morgan fingerprint density at radius 2 is 1.77 bits per heavy atom. The van der Waals surface area contributed by atoms with Crippen LogP contribution in [0.2, 0.25) is 0 Å². The third-order valence-corrected chi connectivity index (χ3v) is 6.11. The number of hydrogen-bond acceptors (Lipinski definition) is 9. The molecule has 3 rings (SSSR count). The largest absolute Gasteiger partial charge is 0.493 e. The molecule has 2 aliphatic rings. The molecular formula is C20H21N3O6S. The van der Waals surface area contributed by atoms with E-state index in [9.17, 15) is 14.9 Å². The zero-order chi connectivity index (χ0) is 22.2. The van der Waals surface area contributed by atoms with Crippen molar-refractivity contribution in [1.82, 2.24) is 4.90 Å². The van der Waals surface area contributed by atoms with Gasteiger partial charge >= 0.3 is 5.97 Å². The monoisotopic (exact) mass is 431 g/mol. The number of benzene rings is 1. The van der Waals surface area contributed by atoms with Gasteiger partial charge in [-0.25, -0.2) is 4.79 Å². The van der Waals surface area contributed by atoms with Crippen molar-refractivity contribution in [3.05, 3.63) is 39.7 Å². The average molecular weight is 431 g/mol. The molecular weight excluding hydrogens is 410 g/mol. The van der Waals surface area contributed by atoms with Crippen LogP contribution in [0.25, 0.3) is 0 Å². The topological polar surface area (TPSA) is 124 Å². The Morgan fingerprint density at radius 3 is 2.23 bits per heavy atom. The number of amides is 1. The molecule has 0 saturated carbocycles. The van der Waals surface area contributed by atoms with E-state index in [4.69, 9.17) is 24.7 Å². The SMILES string of the molecule is COC(=O)C1=C2S[C@@H](C)C(=O)N2C(N)=C(C#N)[C@H]1c1cc(OC)c(OC)c(OC)c1. The number of carbonyl (C=O) groups excluding carboxylic acids is 2. The highest BCUT2D eigenvalue weighted by molar-refractivity contribution is 8.04. The minimum absolute atomic E-state index is 0.0132. The van der Waals surface area contributed by atoms with E-state index >= 15 is 0 Å². The van der Waals surface area contributed by atoms with Crippen LogP contribution in [-0.2, 0) is 14.3 Å². The van der Waals surface area contributed by atoms with E-state index in [1.54, 1.807) is 19.1 Å². The third-order valence-electron chi connectivity index (χ3n) is 4.93. The number of nitriles is 1. The fourth-order valence-electron chi connectivity index (χ4n) is 3.54. The van der Waals surface area contributed by atoms with Crippen LogP contribution in [0.5, 0.6) is 17.2 Å². The molecule has 2 N–H and O–H groups in total. The number of nitrogens with two attached hydrogens (primary N) is 1. The van der Waals surface area contributed by atoms with Gasteiger partial charge in [0.05, 0.1) is 61.9 Å². The minimum Gasteiger partial charge on any atom is -0.493 e. The van der Waals surface area contributed by atoms with Gasteiger partial charge in [-0.3, -0.25) is 9.69 Å². The van der Waals surface area contributed by atoms with Crippen LogP contribution < -0.4 is 19.9 Å². The van der Waals surface area contributed by atoms with E-state index in [2.05, 4.69) is 6.07 Å². The molecule has 2 atom stereocenters. The maximum atomic E-state index is 12.8. The lowest BCUT2D eigenvalue weighted by Gasteiger charge is -2.31. The van der Waals surface area contributed by atoms with Gasteiger partial charge in [-0.2, -0.15) is 5.26 Å². The number of hydrogen-bond donors (Lipinski definition) is 1. The average Bonchev–Trinajstić information content (AvgIpc) is 3.06. The summed E-state index contributed by atoms with van der Waals surface area (Å²) in [5.74, 6) is -0.795. The molecule has 0 unspecified atom stereocenters. The number of ether oxygens (including phenoxy) is 4. The van der Waals surface area contributed by atoms with E-state index in [0.717, 1.165) is 0 Å². The van der Waals surface area contributed by atoms with Crippen LogP contribution in [0.15, 0.2) is 34.1 Å². The van der Waals surface area contributed by atoms with Gasteiger partial charge in [-0.1, -0.05) is 11.8 Å². The summed E-state index contributed by atoms with van der Waals surface area (Å²) in [6.07, 6.45) is 0. The van der Waals surface area contributed by atoms with Crippen LogP contribution in [0.4, 0.5) is 0 Å². The summed E-state index contributed by atoms with van der Waals surface area (Å²) in [7, 11) is 5.64. The molecule has 0 aliphatic carbocycles. The zero-order valence-electron chi connectivity index (χ0n) is 17.1. The van der Waals surface area contributed by atoms with Crippen molar-refractivity contribution < 1.29 is 28.5 Å². The second kappa shape index (κ2) is 8.20. The Hall–Kier alpha value is -3.32. The molecule has 2 heterocycles. The molecule has 30 heavy (non-hydrogen) atoms. The molecule has 1 aromatic rings. The van der Waals surface area contributed by atoms with Gasteiger partial charge in [0.2, 0.25) is 11.7 Å². The molecule has 0 aromatic heterocycles. The number of carbonyl (C=O) groups is 2. The number of methoxy groups -OCH3 is 4. The summed E-state index contributed by atoms with van der Waals surface area (Å²) in [4.78, 5) is 26.7. The molecule has 10 heteroatoms. The summed E-state index contributed by atoms with van der Waals surface area (Å²) >= 11 is 1.20. The molecule has 0 spiro atoms. The molecule has 2 aliphatic heterocycles. The first-order valence-corrected chi connectivity index (χ1v) is 9.75. The molecule has 1 aromatic carbocycles. The summed E-state index contributed by atoms with van der Waals surface area (Å²) in [5, 5.41) is 9.79. The van der Waals surface area contributed by atoms with Gasteiger partial charge in [-0.15, -0.1) is 0 Å².